The van der Waals surface area contributed by atoms with E-state index in [1.165, 1.54) is 94.7 Å². The van der Waals surface area contributed by atoms with Crippen LogP contribution in [0.25, 0.3) is 0 Å². The number of amides is 2. The van der Waals surface area contributed by atoms with E-state index in [4.69, 9.17) is 4.42 Å². The van der Waals surface area contributed by atoms with Gasteiger partial charge in [-0.1, -0.05) is 83.3 Å². The van der Waals surface area contributed by atoms with Gasteiger partial charge in [0, 0.05) is 11.8 Å². The third-order valence-electron chi connectivity index (χ3n) is 6.61. The lowest BCUT2D eigenvalue weighted by atomic mass is 9.99. The normalized spacial score (nSPS) is 11.9. The van der Waals surface area contributed by atoms with Crippen LogP contribution in [0, 0.1) is 5.92 Å². The molecule has 2 rings (SSSR count). The molecule has 0 saturated carbocycles. The van der Waals surface area contributed by atoms with Crippen molar-refractivity contribution in [2.75, 3.05) is 10.6 Å². The molecule has 1 aromatic heterocycles. The van der Waals surface area contributed by atoms with E-state index in [0.717, 1.165) is 12.8 Å². The van der Waals surface area contributed by atoms with Crippen molar-refractivity contribution in [3.8, 4) is 5.75 Å². The number of rotatable bonds is 20. The summed E-state index contributed by atoms with van der Waals surface area (Å²) in [6.45, 7) is 2.24. The highest BCUT2D eigenvalue weighted by molar-refractivity contribution is 6.03. The lowest BCUT2D eigenvalue weighted by Gasteiger charge is -2.14. The number of allylic oxidation sites excluding steroid dienone is 2. The van der Waals surface area contributed by atoms with Gasteiger partial charge in [-0.15, -0.1) is 0 Å². The summed E-state index contributed by atoms with van der Waals surface area (Å²) in [5.41, 5.74) is 0.454. The summed E-state index contributed by atoms with van der Waals surface area (Å²) >= 11 is 0. The van der Waals surface area contributed by atoms with Gasteiger partial charge in [0.05, 0.1) is 24.3 Å². The summed E-state index contributed by atoms with van der Waals surface area (Å²) in [6, 6.07) is 7.35. The second-order valence-electron chi connectivity index (χ2n) is 9.98. The molecule has 0 radical (unpaired) electrons. The molecule has 8 nitrogen and oxygen atoms in total. The number of anilines is 2. The number of carboxylic acid groups (broad SMARTS) is 1. The fourth-order valence-electron chi connectivity index (χ4n) is 4.35. The molecule has 214 valence electrons. The van der Waals surface area contributed by atoms with Gasteiger partial charge in [-0.2, -0.15) is 0 Å². The Balaban J connectivity index is 1.71. The van der Waals surface area contributed by atoms with Gasteiger partial charge in [0.2, 0.25) is 5.91 Å². The molecule has 0 spiro atoms. The Morgan fingerprint density at radius 3 is 2.15 bits per heavy atom. The Morgan fingerprint density at radius 2 is 1.56 bits per heavy atom. The molecule has 0 fully saturated rings. The number of carboxylic acids is 1. The Labute approximate surface area is 231 Å². The van der Waals surface area contributed by atoms with Gasteiger partial charge in [0.15, 0.2) is 5.76 Å². The van der Waals surface area contributed by atoms with Gasteiger partial charge in [-0.05, 0) is 43.5 Å². The number of hydrogen-bond acceptors (Lipinski definition) is 5. The number of nitrogens with one attached hydrogen (secondary N) is 2. The fourth-order valence-corrected chi connectivity index (χ4v) is 4.35. The van der Waals surface area contributed by atoms with Crippen molar-refractivity contribution in [1.29, 1.82) is 0 Å². The summed E-state index contributed by atoms with van der Waals surface area (Å²) in [5.74, 6) is -2.89. The number of phenols is 1. The number of benzene rings is 1. The quantitative estimate of drug-likeness (QED) is 0.0767. The first kappa shape index (κ1) is 31.7. The lowest BCUT2D eigenvalue weighted by Crippen LogP contribution is -2.24. The number of unbranched alkanes of at least 4 members (excludes halogenated alkanes) is 11. The van der Waals surface area contributed by atoms with Crippen molar-refractivity contribution in [3.63, 3.8) is 0 Å². The van der Waals surface area contributed by atoms with Crippen molar-refractivity contribution < 1.29 is 29.0 Å². The molecule has 1 heterocycles. The van der Waals surface area contributed by atoms with Crippen molar-refractivity contribution >= 4 is 29.2 Å². The molecule has 8 heteroatoms. The van der Waals surface area contributed by atoms with Gasteiger partial charge < -0.3 is 25.3 Å². The van der Waals surface area contributed by atoms with Crippen LogP contribution in [0.15, 0.2) is 53.2 Å². The standard InChI is InChI=1S/C31H44N2O6/c1-2-3-4-5-6-7-8-9-10-11-12-13-14-15-17-24(22-29(35)36)30(37)32-25-19-20-26(27(34)23-25)33-31(38)28-18-16-21-39-28/h14-16,18-21,23-24,34H,2-13,17,22H2,1H3,(H,32,37)(H,33,38)(H,35,36)/b15-14+. The molecule has 1 unspecified atom stereocenters. The highest BCUT2D eigenvalue weighted by atomic mass is 16.4. The molecule has 0 aliphatic rings. The molecule has 2 amide bonds. The molecule has 1 aromatic carbocycles. The van der Waals surface area contributed by atoms with Crippen LogP contribution in [0.1, 0.15) is 107 Å². The molecule has 0 bridgehead atoms. The van der Waals surface area contributed by atoms with Crippen molar-refractivity contribution in [2.45, 2.75) is 96.8 Å². The van der Waals surface area contributed by atoms with Crippen LogP contribution in [0.3, 0.4) is 0 Å². The second kappa shape index (κ2) is 18.7. The first-order valence-corrected chi connectivity index (χ1v) is 14.3. The first-order valence-electron chi connectivity index (χ1n) is 14.3. The molecule has 0 aliphatic heterocycles. The molecular formula is C31H44N2O6. The average molecular weight is 541 g/mol. The summed E-state index contributed by atoms with van der Waals surface area (Å²) in [4.78, 5) is 36.2. The highest BCUT2D eigenvalue weighted by Crippen LogP contribution is 2.28. The second-order valence-corrected chi connectivity index (χ2v) is 9.98. The minimum Gasteiger partial charge on any atom is -0.506 e. The van der Waals surface area contributed by atoms with Crippen LogP contribution >= 0.6 is 0 Å². The SMILES string of the molecule is CCCCCCCCCCCCC/C=C/CC(CC(=O)O)C(=O)Nc1ccc(NC(=O)c2ccco2)c(O)c1. The minimum atomic E-state index is -1.05. The number of aromatic hydroxyl groups is 1. The predicted octanol–water partition coefficient (Wildman–Crippen LogP) is 7.91. The van der Waals surface area contributed by atoms with Crippen LogP contribution in [0.2, 0.25) is 0 Å². The van der Waals surface area contributed by atoms with E-state index in [-0.39, 0.29) is 23.6 Å². The van der Waals surface area contributed by atoms with E-state index in [1.54, 1.807) is 6.07 Å². The zero-order valence-corrected chi connectivity index (χ0v) is 23.1. The van der Waals surface area contributed by atoms with Crippen molar-refractivity contribution in [3.05, 3.63) is 54.5 Å². The summed E-state index contributed by atoms with van der Waals surface area (Å²) in [6.07, 6.45) is 20.4. The smallest absolute Gasteiger partial charge is 0.304 e. The topological polar surface area (TPSA) is 129 Å². The van der Waals surface area contributed by atoms with E-state index in [1.807, 2.05) is 12.2 Å². The van der Waals surface area contributed by atoms with Crippen LogP contribution < -0.4 is 10.6 Å². The van der Waals surface area contributed by atoms with E-state index < -0.39 is 23.7 Å². The molecule has 0 saturated heterocycles. The van der Waals surface area contributed by atoms with Crippen molar-refractivity contribution in [2.24, 2.45) is 5.92 Å². The largest absolute Gasteiger partial charge is 0.506 e. The predicted molar refractivity (Wildman–Crippen MR) is 154 cm³/mol. The number of hydrogen-bond donors (Lipinski definition) is 4. The summed E-state index contributed by atoms with van der Waals surface area (Å²) in [7, 11) is 0. The monoisotopic (exact) mass is 540 g/mol. The molecule has 39 heavy (non-hydrogen) atoms. The van der Waals surface area contributed by atoms with Crippen molar-refractivity contribution in [1.82, 2.24) is 0 Å². The van der Waals surface area contributed by atoms with E-state index >= 15 is 0 Å². The van der Waals surface area contributed by atoms with E-state index in [9.17, 15) is 24.6 Å². The first-order chi connectivity index (χ1) is 18.9. The highest BCUT2D eigenvalue weighted by Gasteiger charge is 2.21. The number of carbonyl (C=O) groups excluding carboxylic acids is 2. The Bertz CT molecular complexity index is 1030. The lowest BCUT2D eigenvalue weighted by molar-refractivity contribution is -0.140. The third-order valence-corrected chi connectivity index (χ3v) is 6.61. The number of phenolic OH excluding ortho intramolecular Hbond substituents is 1. The van der Waals surface area contributed by atoms with Gasteiger partial charge in [0.1, 0.15) is 5.75 Å². The van der Waals surface area contributed by atoms with Crippen LogP contribution in [0.5, 0.6) is 5.75 Å². The third kappa shape index (κ3) is 13.2. The van der Waals surface area contributed by atoms with Gasteiger partial charge in [-0.3, -0.25) is 14.4 Å². The maximum atomic E-state index is 12.8. The van der Waals surface area contributed by atoms with Gasteiger partial charge >= 0.3 is 5.97 Å². The van der Waals surface area contributed by atoms with E-state index in [2.05, 4.69) is 17.6 Å². The van der Waals surface area contributed by atoms with Crippen LogP contribution in [-0.2, 0) is 9.59 Å². The maximum Gasteiger partial charge on any atom is 0.304 e. The maximum absolute atomic E-state index is 12.8. The fraction of sp³-hybridized carbons (Fsp3) is 0.516. The van der Waals surface area contributed by atoms with E-state index in [0.29, 0.717) is 12.1 Å². The molecular weight excluding hydrogens is 496 g/mol. The summed E-state index contributed by atoms with van der Waals surface area (Å²) in [5, 5.41) is 24.7. The van der Waals surface area contributed by atoms with Gasteiger partial charge in [0.25, 0.3) is 5.91 Å². The van der Waals surface area contributed by atoms with Crippen LogP contribution in [0.4, 0.5) is 11.4 Å². The zero-order valence-electron chi connectivity index (χ0n) is 23.1. The molecule has 2 aromatic rings. The number of furan rings is 1. The number of aliphatic carboxylic acids is 1. The Hall–Kier alpha value is -3.55. The Morgan fingerprint density at radius 1 is 0.897 bits per heavy atom. The van der Waals surface area contributed by atoms with Crippen LogP contribution in [-0.4, -0.2) is 28.0 Å². The van der Waals surface area contributed by atoms with Gasteiger partial charge in [-0.25, -0.2) is 0 Å². The Kier molecular flexibility index (Phi) is 15.2. The minimum absolute atomic E-state index is 0.0971. The molecule has 1 atom stereocenters. The number of carbonyl (C=O) groups is 3. The average Bonchev–Trinajstić information content (AvgIpc) is 3.45. The zero-order chi connectivity index (χ0) is 28.3. The molecule has 4 N–H and O–H groups in total. The molecule has 0 aliphatic carbocycles. The summed E-state index contributed by atoms with van der Waals surface area (Å²) < 4.78 is 5.03.